The number of β-lactam (4-membered cyclic amide) rings is 1. The van der Waals surface area contributed by atoms with Crippen LogP contribution in [0.1, 0.15) is 29.9 Å². The van der Waals surface area contributed by atoms with Crippen molar-refractivity contribution in [3.05, 3.63) is 40.3 Å². The zero-order valence-corrected chi connectivity index (χ0v) is 30.1. The lowest BCUT2D eigenvalue weighted by Gasteiger charge is -2.53. The van der Waals surface area contributed by atoms with Gasteiger partial charge in [-0.3, -0.25) is 44.4 Å². The molecule has 2 unspecified atom stereocenters. The summed E-state index contributed by atoms with van der Waals surface area (Å²) in [6.07, 6.45) is 0. The first-order valence-electron chi connectivity index (χ1n) is 14.6. The number of carbonyl (C=O) groups excluding carboxylic acids is 6. The number of carbonyl (C=O) groups is 7. The molecule has 6 N–H and O–H groups in total. The molecule has 4 heterocycles. The number of nitrogens with one attached hydrogen (secondary N) is 3. The number of hydrazine groups is 1. The lowest BCUT2D eigenvalue weighted by molar-refractivity contribution is -0.157. The van der Waals surface area contributed by atoms with E-state index in [0.29, 0.717) is 4.34 Å². The molecule has 2 aliphatic rings. The first-order chi connectivity index (χ1) is 24.8. The highest BCUT2D eigenvalue weighted by Crippen LogP contribution is 2.44. The minimum absolute atomic E-state index is 0.00647. The van der Waals surface area contributed by atoms with Crippen molar-refractivity contribution in [3.63, 3.8) is 0 Å². The molecule has 3 atom stereocenters. The number of carboxylic acid groups (broad SMARTS) is 1. The number of ether oxygens (including phenoxy) is 2. The van der Waals surface area contributed by atoms with Crippen LogP contribution in [0.15, 0.2) is 38.6 Å². The molecule has 3 aromatic rings. The molecule has 52 heavy (non-hydrogen) atoms. The Morgan fingerprint density at radius 2 is 1.87 bits per heavy atom. The molecule has 5 rings (SSSR count). The second kappa shape index (κ2) is 16.3. The van der Waals surface area contributed by atoms with E-state index in [1.807, 2.05) is 0 Å². The van der Waals surface area contributed by atoms with Gasteiger partial charge in [-0.25, -0.2) is 4.98 Å². The fourth-order valence-corrected chi connectivity index (χ4v) is 8.55. The van der Waals surface area contributed by atoms with Crippen LogP contribution < -0.4 is 31.4 Å². The van der Waals surface area contributed by atoms with Gasteiger partial charge in [-0.1, -0.05) is 28.3 Å². The van der Waals surface area contributed by atoms with Crippen LogP contribution >= 0.6 is 46.2 Å². The van der Waals surface area contributed by atoms with Crippen LogP contribution in [0.25, 0.3) is 0 Å². The van der Waals surface area contributed by atoms with Gasteiger partial charge in [0.05, 0.1) is 0 Å². The van der Waals surface area contributed by atoms with Crippen molar-refractivity contribution in [2.45, 2.75) is 29.6 Å². The quantitative estimate of drug-likeness (QED) is 0.0376. The van der Waals surface area contributed by atoms with Gasteiger partial charge in [-0.15, -0.1) is 33.3 Å². The molecule has 0 spiro atoms. The van der Waals surface area contributed by atoms with Crippen LogP contribution in [0.4, 0.5) is 5.13 Å². The number of hydrogen-bond acceptors (Lipinski definition) is 19. The van der Waals surface area contributed by atoms with Gasteiger partial charge in [-0.05, 0) is 18.2 Å². The summed E-state index contributed by atoms with van der Waals surface area (Å²) in [5.41, 5.74) is 9.75. The molecule has 2 fully saturated rings. The van der Waals surface area contributed by atoms with E-state index in [2.05, 4.69) is 36.5 Å². The minimum Gasteiger partial charge on any atom is -0.481 e. The molecule has 20 nitrogen and oxygen atoms in total. The number of benzene rings is 1. The van der Waals surface area contributed by atoms with Gasteiger partial charge >= 0.3 is 17.9 Å². The van der Waals surface area contributed by atoms with Crippen molar-refractivity contribution in [1.29, 1.82) is 0 Å². The van der Waals surface area contributed by atoms with Gasteiger partial charge in [0.2, 0.25) is 5.91 Å². The van der Waals surface area contributed by atoms with Gasteiger partial charge in [0, 0.05) is 42.8 Å². The third-order valence-electron chi connectivity index (χ3n) is 7.06. The maximum atomic E-state index is 13.4. The highest BCUT2D eigenvalue weighted by atomic mass is 32.2. The summed E-state index contributed by atoms with van der Waals surface area (Å²) < 4.78 is 10.6. The number of aromatic nitrogens is 3. The van der Waals surface area contributed by atoms with Crippen molar-refractivity contribution in [2.75, 3.05) is 30.4 Å². The van der Waals surface area contributed by atoms with Crippen LogP contribution in [-0.2, 0) is 33.6 Å². The van der Waals surface area contributed by atoms with E-state index < -0.39 is 70.7 Å². The second-order valence-electron chi connectivity index (χ2n) is 10.8. The number of thiazole rings is 1. The number of nitrogen functional groups attached to an aromatic ring is 1. The molecule has 0 radical (unpaired) electrons. The van der Waals surface area contributed by atoms with Crippen molar-refractivity contribution < 1.29 is 53.0 Å². The van der Waals surface area contributed by atoms with E-state index in [0.717, 1.165) is 31.3 Å². The molecular weight excluding hydrogens is 767 g/mol. The van der Waals surface area contributed by atoms with E-state index in [-0.39, 0.29) is 45.9 Å². The van der Waals surface area contributed by atoms with Gasteiger partial charge in [0.25, 0.3) is 17.7 Å². The lowest BCUT2D eigenvalue weighted by Crippen LogP contribution is -2.74. The number of fused-ring (bicyclic) bond motifs is 1. The van der Waals surface area contributed by atoms with E-state index in [1.54, 1.807) is 0 Å². The Kier molecular flexibility index (Phi) is 11.9. The summed E-state index contributed by atoms with van der Waals surface area (Å²) in [5.74, 6) is -5.58. The molecule has 24 heteroatoms. The number of oxime groups is 1. The van der Waals surface area contributed by atoms with Gasteiger partial charge in [0.15, 0.2) is 33.3 Å². The molecule has 1 aromatic carbocycles. The topological polar surface area (TPSA) is 284 Å². The number of amides is 4. The molecule has 0 aliphatic carbocycles. The fourth-order valence-electron chi connectivity index (χ4n) is 4.66. The lowest BCUT2D eigenvalue weighted by atomic mass is 9.89. The first-order valence-corrected chi connectivity index (χ1v) is 18.4. The Morgan fingerprint density at radius 3 is 2.52 bits per heavy atom. The molecule has 4 amide bonds. The standard InChI is InChI=1S/C28H27N9O11S4/c1-12(38)47-16-4-3-14(5-17(16)48-13(2)39)21(41)34-33-18(40)6-46-36-19(15-7-49-26(29)31-15)22(42)32-20-23(43)37-8-28(25(44)45,9-50-24(20)37)10-51-27-35-30-11-52-27/h3-5,7,11,20,24H,6,8-10H2,1-2H3,(H2,29,31)(H,32,42)(H,33,40)(H,34,41)(H,44,45)/t20?,24-,28?/m1/s1. The molecular formula is C28H27N9O11S4. The zero-order valence-electron chi connectivity index (χ0n) is 26.8. The van der Waals surface area contributed by atoms with Crippen LogP contribution in [0.5, 0.6) is 11.5 Å². The number of aliphatic carboxylic acids is 1. The van der Waals surface area contributed by atoms with Crippen molar-refractivity contribution in [3.8, 4) is 11.5 Å². The second-order valence-corrected chi connectivity index (χ2v) is 14.9. The summed E-state index contributed by atoms with van der Waals surface area (Å²) in [7, 11) is 0. The number of thioether (sulfide) groups is 2. The summed E-state index contributed by atoms with van der Waals surface area (Å²) >= 11 is 4.73. The smallest absolute Gasteiger partial charge is 0.313 e. The molecule has 0 saturated carbocycles. The average molecular weight is 794 g/mol. The average Bonchev–Trinajstić information content (AvgIpc) is 3.79. The van der Waals surface area contributed by atoms with Crippen LogP contribution in [0.2, 0.25) is 0 Å². The number of rotatable bonds is 13. The van der Waals surface area contributed by atoms with E-state index >= 15 is 0 Å². The molecule has 2 aliphatic heterocycles. The maximum absolute atomic E-state index is 13.4. The van der Waals surface area contributed by atoms with Crippen LogP contribution in [0.3, 0.4) is 0 Å². The van der Waals surface area contributed by atoms with Crippen molar-refractivity contribution in [2.24, 2.45) is 10.6 Å². The Morgan fingerprint density at radius 1 is 1.12 bits per heavy atom. The monoisotopic (exact) mass is 793 g/mol. The normalized spacial score (nSPS) is 19.4. The Balaban J connectivity index is 1.17. The Bertz CT molecular complexity index is 1940. The first kappa shape index (κ1) is 37.9. The predicted octanol–water partition coefficient (Wildman–Crippen LogP) is -0.127. The van der Waals surface area contributed by atoms with Crippen LogP contribution in [-0.4, -0.2) is 109 Å². The van der Waals surface area contributed by atoms with E-state index in [4.69, 9.17) is 20.0 Å². The van der Waals surface area contributed by atoms with Gasteiger partial charge in [-0.2, -0.15) is 0 Å². The molecule has 274 valence electrons. The van der Waals surface area contributed by atoms with Gasteiger partial charge < -0.3 is 35.4 Å². The van der Waals surface area contributed by atoms with Gasteiger partial charge in [0.1, 0.15) is 28.0 Å². The number of carboxylic acids is 1. The predicted molar refractivity (Wildman–Crippen MR) is 184 cm³/mol. The number of nitrogens with zero attached hydrogens (tertiary/aromatic N) is 5. The number of hydrogen-bond donors (Lipinski definition) is 5. The Labute approximate surface area is 309 Å². The van der Waals surface area contributed by atoms with E-state index in [1.165, 1.54) is 62.8 Å². The summed E-state index contributed by atoms with van der Waals surface area (Å²) in [6.45, 7) is 1.39. The fraction of sp³-hybridized carbons (Fsp3) is 0.321. The maximum Gasteiger partial charge on any atom is 0.313 e. The Hall–Kier alpha value is -5.33. The summed E-state index contributed by atoms with van der Waals surface area (Å²) in [4.78, 5) is 97.1. The number of esters is 2. The molecule has 2 saturated heterocycles. The SMILES string of the molecule is CC(=O)Oc1ccc(C(=O)NNC(=O)CON=C(C(=O)NC2C(=O)N3CC(CSc4nncs4)(C(=O)O)CS[C@H]23)c2csc(N)n2)cc1OC(C)=O. The molecule has 2 aromatic heterocycles. The number of anilines is 1. The van der Waals surface area contributed by atoms with E-state index in [9.17, 15) is 38.7 Å². The highest BCUT2D eigenvalue weighted by Gasteiger charge is 2.57. The number of nitrogens with two attached hydrogens (primary N) is 1. The highest BCUT2D eigenvalue weighted by molar-refractivity contribution is 8.01. The van der Waals surface area contributed by atoms with Crippen molar-refractivity contribution in [1.82, 2.24) is 36.2 Å². The molecule has 0 bridgehead atoms. The van der Waals surface area contributed by atoms with Crippen molar-refractivity contribution >= 4 is 98.6 Å². The third-order valence-corrected chi connectivity index (χ3v) is 11.5. The minimum atomic E-state index is -1.25. The summed E-state index contributed by atoms with van der Waals surface area (Å²) in [5, 5.41) is 25.0. The zero-order chi connectivity index (χ0) is 37.6. The largest absolute Gasteiger partial charge is 0.481 e. The third kappa shape index (κ3) is 8.93. The summed E-state index contributed by atoms with van der Waals surface area (Å²) in [6, 6.07) is 2.58. The van der Waals surface area contributed by atoms with Crippen LogP contribution in [0, 0.1) is 5.41 Å².